The SMILES string of the molecule is CCNC(=O)CN(CC)C(=O)COc1ccc(Cl)cc1C1CCCCC1. The molecular weight excluding hydrogens is 352 g/mol. The number of hydrogen-bond acceptors (Lipinski definition) is 3. The number of likely N-dealkylation sites (N-methyl/N-ethyl adjacent to an activating group) is 2. The molecule has 0 heterocycles. The molecule has 6 heteroatoms. The summed E-state index contributed by atoms with van der Waals surface area (Å²) in [4.78, 5) is 25.7. The topological polar surface area (TPSA) is 58.6 Å². The molecular formula is C20H29ClN2O3. The van der Waals surface area contributed by atoms with Crippen molar-refractivity contribution in [1.29, 1.82) is 0 Å². The molecule has 1 saturated carbocycles. The first kappa shape index (κ1) is 20.6. The Morgan fingerprint density at radius 1 is 1.23 bits per heavy atom. The van der Waals surface area contributed by atoms with Crippen LogP contribution in [0.25, 0.3) is 0 Å². The highest BCUT2D eigenvalue weighted by atomic mass is 35.5. The molecule has 5 nitrogen and oxygen atoms in total. The molecule has 1 aromatic carbocycles. The molecule has 1 N–H and O–H groups in total. The van der Waals surface area contributed by atoms with E-state index in [4.69, 9.17) is 16.3 Å². The Bertz CT molecular complexity index is 615. The molecule has 1 aliphatic carbocycles. The summed E-state index contributed by atoms with van der Waals surface area (Å²) in [5.41, 5.74) is 1.09. The number of hydrogen-bond donors (Lipinski definition) is 1. The van der Waals surface area contributed by atoms with E-state index in [0.717, 1.165) is 24.2 Å². The summed E-state index contributed by atoms with van der Waals surface area (Å²) >= 11 is 6.18. The van der Waals surface area contributed by atoms with Crippen molar-refractivity contribution in [3.8, 4) is 5.75 Å². The highest BCUT2D eigenvalue weighted by molar-refractivity contribution is 6.30. The summed E-state index contributed by atoms with van der Waals surface area (Å²) < 4.78 is 5.85. The Morgan fingerprint density at radius 3 is 2.62 bits per heavy atom. The van der Waals surface area contributed by atoms with Crippen molar-refractivity contribution in [3.63, 3.8) is 0 Å². The van der Waals surface area contributed by atoms with Crippen molar-refractivity contribution in [1.82, 2.24) is 10.2 Å². The minimum Gasteiger partial charge on any atom is -0.483 e. The van der Waals surface area contributed by atoms with Crippen LogP contribution in [-0.2, 0) is 9.59 Å². The fraction of sp³-hybridized carbons (Fsp3) is 0.600. The molecule has 26 heavy (non-hydrogen) atoms. The molecule has 1 fully saturated rings. The van der Waals surface area contributed by atoms with Gasteiger partial charge in [0.25, 0.3) is 5.91 Å². The number of nitrogens with zero attached hydrogens (tertiary/aromatic N) is 1. The summed E-state index contributed by atoms with van der Waals surface area (Å²) in [7, 11) is 0. The van der Waals surface area contributed by atoms with Gasteiger partial charge in [0, 0.05) is 18.1 Å². The molecule has 0 aromatic heterocycles. The van der Waals surface area contributed by atoms with Crippen molar-refractivity contribution in [2.45, 2.75) is 51.9 Å². The first-order chi connectivity index (χ1) is 12.5. The van der Waals surface area contributed by atoms with Gasteiger partial charge in [0.2, 0.25) is 5.91 Å². The quantitative estimate of drug-likeness (QED) is 0.747. The van der Waals surface area contributed by atoms with Gasteiger partial charge in [-0.25, -0.2) is 0 Å². The Balaban J connectivity index is 2.01. The normalized spacial score (nSPS) is 14.7. The molecule has 0 atom stereocenters. The van der Waals surface area contributed by atoms with Gasteiger partial charge in [-0.05, 0) is 56.4 Å². The molecule has 0 unspecified atom stereocenters. The van der Waals surface area contributed by atoms with Crippen molar-refractivity contribution < 1.29 is 14.3 Å². The van der Waals surface area contributed by atoms with Gasteiger partial charge in [-0.15, -0.1) is 0 Å². The van der Waals surface area contributed by atoms with Gasteiger partial charge in [0.05, 0.1) is 6.54 Å². The molecule has 0 aliphatic heterocycles. The highest BCUT2D eigenvalue weighted by Gasteiger charge is 2.21. The monoisotopic (exact) mass is 380 g/mol. The third kappa shape index (κ3) is 5.90. The predicted molar refractivity (Wildman–Crippen MR) is 104 cm³/mol. The van der Waals surface area contributed by atoms with Crippen LogP contribution in [0.5, 0.6) is 5.75 Å². The summed E-state index contributed by atoms with van der Waals surface area (Å²) in [6.45, 7) is 4.71. The zero-order valence-electron chi connectivity index (χ0n) is 15.7. The van der Waals surface area contributed by atoms with Crippen LogP contribution < -0.4 is 10.1 Å². The lowest BCUT2D eigenvalue weighted by Crippen LogP contribution is -2.42. The van der Waals surface area contributed by atoms with E-state index in [0.29, 0.717) is 24.0 Å². The van der Waals surface area contributed by atoms with Gasteiger partial charge in [0.1, 0.15) is 5.75 Å². The van der Waals surface area contributed by atoms with Crippen LogP contribution in [0.1, 0.15) is 57.4 Å². The fourth-order valence-electron chi connectivity index (χ4n) is 3.42. The Kier molecular flexibility index (Phi) is 8.23. The van der Waals surface area contributed by atoms with Crippen molar-refractivity contribution >= 4 is 23.4 Å². The number of carbonyl (C=O) groups is 2. The van der Waals surface area contributed by atoms with E-state index in [-0.39, 0.29) is 25.0 Å². The maximum absolute atomic E-state index is 12.4. The number of amides is 2. The Hall–Kier alpha value is -1.75. The van der Waals surface area contributed by atoms with E-state index in [9.17, 15) is 9.59 Å². The number of halogens is 1. The molecule has 0 spiro atoms. The average molecular weight is 381 g/mol. The van der Waals surface area contributed by atoms with Crippen LogP contribution in [0.2, 0.25) is 5.02 Å². The van der Waals surface area contributed by atoms with E-state index in [1.165, 1.54) is 24.2 Å². The van der Waals surface area contributed by atoms with Gasteiger partial charge >= 0.3 is 0 Å². The lowest BCUT2D eigenvalue weighted by Gasteiger charge is -2.25. The van der Waals surface area contributed by atoms with E-state index in [2.05, 4.69) is 5.32 Å². The minimum atomic E-state index is -0.191. The van der Waals surface area contributed by atoms with E-state index in [1.54, 1.807) is 6.07 Å². The number of carbonyl (C=O) groups excluding carboxylic acids is 2. The molecule has 2 rings (SSSR count). The smallest absolute Gasteiger partial charge is 0.260 e. The largest absolute Gasteiger partial charge is 0.483 e. The molecule has 144 valence electrons. The van der Waals surface area contributed by atoms with Crippen LogP contribution in [0, 0.1) is 0 Å². The van der Waals surface area contributed by atoms with Gasteiger partial charge in [0.15, 0.2) is 6.61 Å². The summed E-state index contributed by atoms with van der Waals surface area (Å²) in [6.07, 6.45) is 5.96. The molecule has 1 aromatic rings. The van der Waals surface area contributed by atoms with E-state index < -0.39 is 0 Å². The standard InChI is InChI=1S/C20H29ClN2O3/c1-3-22-19(24)13-23(4-2)20(25)14-26-18-11-10-16(21)12-17(18)15-8-6-5-7-9-15/h10-12,15H,3-9,13-14H2,1-2H3,(H,22,24). The third-order valence-corrected chi connectivity index (χ3v) is 5.05. The summed E-state index contributed by atoms with van der Waals surface area (Å²) in [6, 6.07) is 5.60. The highest BCUT2D eigenvalue weighted by Crippen LogP contribution is 2.38. The second-order valence-corrected chi connectivity index (χ2v) is 7.10. The Morgan fingerprint density at radius 2 is 1.96 bits per heavy atom. The average Bonchev–Trinajstić information content (AvgIpc) is 2.65. The van der Waals surface area contributed by atoms with Crippen molar-refractivity contribution in [2.24, 2.45) is 0 Å². The van der Waals surface area contributed by atoms with Crippen LogP contribution in [0.15, 0.2) is 18.2 Å². The van der Waals surface area contributed by atoms with Gasteiger partial charge in [-0.2, -0.15) is 0 Å². The zero-order valence-corrected chi connectivity index (χ0v) is 16.5. The van der Waals surface area contributed by atoms with Crippen LogP contribution in [0.4, 0.5) is 0 Å². The lowest BCUT2D eigenvalue weighted by atomic mass is 9.84. The first-order valence-electron chi connectivity index (χ1n) is 9.51. The number of ether oxygens (including phenoxy) is 1. The summed E-state index contributed by atoms with van der Waals surface area (Å²) in [5.74, 6) is 0.814. The fourth-order valence-corrected chi connectivity index (χ4v) is 3.60. The van der Waals surface area contributed by atoms with E-state index >= 15 is 0 Å². The van der Waals surface area contributed by atoms with Crippen molar-refractivity contribution in [2.75, 3.05) is 26.2 Å². The maximum Gasteiger partial charge on any atom is 0.260 e. The predicted octanol–water partition coefficient (Wildman–Crippen LogP) is 3.75. The Labute approximate surface area is 161 Å². The van der Waals surface area contributed by atoms with Gasteiger partial charge in [-0.3, -0.25) is 9.59 Å². The zero-order chi connectivity index (χ0) is 18.9. The molecule has 0 bridgehead atoms. The molecule has 1 aliphatic rings. The van der Waals surface area contributed by atoms with Gasteiger partial charge in [-0.1, -0.05) is 30.9 Å². The van der Waals surface area contributed by atoms with Crippen molar-refractivity contribution in [3.05, 3.63) is 28.8 Å². The third-order valence-electron chi connectivity index (χ3n) is 4.81. The minimum absolute atomic E-state index is 0.0582. The van der Waals surface area contributed by atoms with Gasteiger partial charge < -0.3 is 15.0 Å². The first-order valence-corrected chi connectivity index (χ1v) is 9.89. The van der Waals surface area contributed by atoms with Crippen LogP contribution in [-0.4, -0.2) is 43.0 Å². The summed E-state index contributed by atoms with van der Waals surface area (Å²) in [5, 5.41) is 3.40. The number of nitrogens with one attached hydrogen (secondary N) is 1. The molecule has 2 amide bonds. The second-order valence-electron chi connectivity index (χ2n) is 6.67. The molecule has 0 saturated heterocycles. The number of benzene rings is 1. The van der Waals surface area contributed by atoms with E-state index in [1.807, 2.05) is 26.0 Å². The van der Waals surface area contributed by atoms with Crippen LogP contribution >= 0.6 is 11.6 Å². The lowest BCUT2D eigenvalue weighted by molar-refractivity contribution is -0.137. The molecule has 0 radical (unpaired) electrons. The number of rotatable bonds is 8. The maximum atomic E-state index is 12.4. The second kappa shape index (κ2) is 10.4. The van der Waals surface area contributed by atoms with Crippen LogP contribution in [0.3, 0.4) is 0 Å².